The van der Waals surface area contributed by atoms with Crippen molar-refractivity contribution in [1.29, 1.82) is 0 Å². The van der Waals surface area contributed by atoms with Crippen molar-refractivity contribution in [2.24, 2.45) is 0 Å². The Kier molecular flexibility index (Phi) is 4.86. The number of hydrogen-bond donors (Lipinski definition) is 0. The van der Waals surface area contributed by atoms with Gasteiger partial charge in [-0.05, 0) is 37.1 Å². The second-order valence-electron chi connectivity index (χ2n) is 5.02. The fourth-order valence-electron chi connectivity index (χ4n) is 2.16. The Balaban J connectivity index is 2.41. The molecule has 21 heavy (non-hydrogen) atoms. The minimum atomic E-state index is -3.54. The Bertz CT molecular complexity index is 729. The maximum atomic E-state index is 12.8. The molecule has 2 aromatic rings. The molecule has 0 heterocycles. The van der Waals surface area contributed by atoms with Gasteiger partial charge in [-0.2, -0.15) is 4.31 Å². The van der Waals surface area contributed by atoms with Crippen LogP contribution in [0.1, 0.15) is 24.1 Å². The van der Waals surface area contributed by atoms with Crippen molar-refractivity contribution in [2.75, 3.05) is 7.05 Å². The first-order valence-electron chi connectivity index (χ1n) is 6.63. The van der Waals surface area contributed by atoms with Crippen LogP contribution >= 0.6 is 15.9 Å². The molecule has 0 saturated carbocycles. The Labute approximate surface area is 134 Å². The van der Waals surface area contributed by atoms with E-state index < -0.39 is 10.0 Å². The van der Waals surface area contributed by atoms with Crippen LogP contribution < -0.4 is 0 Å². The van der Waals surface area contributed by atoms with E-state index in [2.05, 4.69) is 15.9 Å². The van der Waals surface area contributed by atoms with E-state index >= 15 is 0 Å². The third kappa shape index (κ3) is 3.36. The topological polar surface area (TPSA) is 37.4 Å². The number of halogens is 1. The van der Waals surface area contributed by atoms with Crippen LogP contribution in [-0.2, 0) is 10.0 Å². The highest BCUT2D eigenvalue weighted by Gasteiger charge is 2.27. The van der Waals surface area contributed by atoms with Crippen molar-refractivity contribution in [1.82, 2.24) is 4.31 Å². The summed E-state index contributed by atoms with van der Waals surface area (Å²) >= 11 is 3.34. The van der Waals surface area contributed by atoms with E-state index in [9.17, 15) is 8.42 Å². The molecule has 0 aliphatic carbocycles. The lowest BCUT2D eigenvalue weighted by atomic mass is 10.1. The highest BCUT2D eigenvalue weighted by molar-refractivity contribution is 9.10. The number of benzene rings is 2. The molecule has 0 spiro atoms. The van der Waals surface area contributed by atoms with Crippen LogP contribution in [0.4, 0.5) is 0 Å². The summed E-state index contributed by atoms with van der Waals surface area (Å²) in [7, 11) is -1.92. The molecular weight excluding hydrogens is 350 g/mol. The molecule has 0 aliphatic heterocycles. The summed E-state index contributed by atoms with van der Waals surface area (Å²) in [6, 6.07) is 14.7. The maximum Gasteiger partial charge on any atom is 0.243 e. The summed E-state index contributed by atoms with van der Waals surface area (Å²) in [6.45, 7) is 3.69. The van der Waals surface area contributed by atoms with Crippen LogP contribution in [0.2, 0.25) is 0 Å². The lowest BCUT2D eigenvalue weighted by molar-refractivity contribution is 0.398. The van der Waals surface area contributed by atoms with Gasteiger partial charge in [0.25, 0.3) is 0 Å². The summed E-state index contributed by atoms with van der Waals surface area (Å²) in [6.07, 6.45) is 0. The first-order valence-corrected chi connectivity index (χ1v) is 8.86. The van der Waals surface area contributed by atoms with Gasteiger partial charge in [-0.25, -0.2) is 8.42 Å². The second kappa shape index (κ2) is 6.30. The van der Waals surface area contributed by atoms with Crippen LogP contribution in [0.25, 0.3) is 0 Å². The zero-order valence-corrected chi connectivity index (χ0v) is 14.6. The van der Waals surface area contributed by atoms with E-state index in [0.29, 0.717) is 4.90 Å². The average Bonchev–Trinajstić information content (AvgIpc) is 2.49. The van der Waals surface area contributed by atoms with Gasteiger partial charge in [0.1, 0.15) is 0 Å². The highest BCUT2D eigenvalue weighted by atomic mass is 79.9. The third-order valence-corrected chi connectivity index (χ3v) is 6.20. The van der Waals surface area contributed by atoms with E-state index in [1.54, 1.807) is 26.1 Å². The molecule has 2 rings (SSSR count). The van der Waals surface area contributed by atoms with E-state index in [1.807, 2.05) is 43.3 Å². The monoisotopic (exact) mass is 367 g/mol. The fraction of sp³-hybridized carbons (Fsp3) is 0.250. The molecule has 0 aromatic heterocycles. The quantitative estimate of drug-likeness (QED) is 0.814. The van der Waals surface area contributed by atoms with Crippen molar-refractivity contribution in [3.8, 4) is 0 Å². The molecule has 3 nitrogen and oxygen atoms in total. The second-order valence-corrected chi connectivity index (χ2v) is 7.90. The standard InChI is InChI=1S/C16H18BrNO2S/c1-12-9-10-15(17)11-16(12)21(19,20)18(3)13(2)14-7-5-4-6-8-14/h4-11,13H,1-3H3. The zero-order valence-electron chi connectivity index (χ0n) is 12.2. The van der Waals surface area contributed by atoms with E-state index in [1.165, 1.54) is 4.31 Å². The summed E-state index contributed by atoms with van der Waals surface area (Å²) < 4.78 is 27.8. The minimum absolute atomic E-state index is 0.227. The smallest absolute Gasteiger partial charge is 0.207 e. The molecule has 0 radical (unpaired) electrons. The lowest BCUT2D eigenvalue weighted by Gasteiger charge is -2.25. The SMILES string of the molecule is Cc1ccc(Br)cc1S(=O)(=O)N(C)C(C)c1ccccc1. The molecule has 1 atom stereocenters. The molecule has 2 aromatic carbocycles. The molecule has 0 N–H and O–H groups in total. The summed E-state index contributed by atoms with van der Waals surface area (Å²) in [5.41, 5.74) is 1.71. The largest absolute Gasteiger partial charge is 0.243 e. The first kappa shape index (κ1) is 16.2. The number of sulfonamides is 1. The molecular formula is C16H18BrNO2S. The molecule has 5 heteroatoms. The van der Waals surface area contributed by atoms with Gasteiger partial charge in [0.15, 0.2) is 0 Å². The van der Waals surface area contributed by atoms with Crippen LogP contribution in [0.5, 0.6) is 0 Å². The number of rotatable bonds is 4. The molecule has 0 fully saturated rings. The number of nitrogens with zero attached hydrogens (tertiary/aromatic N) is 1. The van der Waals surface area contributed by atoms with E-state index in [4.69, 9.17) is 0 Å². The van der Waals surface area contributed by atoms with Crippen molar-refractivity contribution in [2.45, 2.75) is 24.8 Å². The van der Waals surface area contributed by atoms with Crippen LogP contribution in [0.3, 0.4) is 0 Å². The predicted molar refractivity (Wildman–Crippen MR) is 88.7 cm³/mol. The third-order valence-electron chi connectivity index (χ3n) is 3.63. The Morgan fingerprint density at radius 3 is 2.33 bits per heavy atom. The molecule has 0 amide bonds. The maximum absolute atomic E-state index is 12.8. The van der Waals surface area contributed by atoms with E-state index in [0.717, 1.165) is 15.6 Å². The molecule has 112 valence electrons. The van der Waals surface area contributed by atoms with Gasteiger partial charge in [-0.3, -0.25) is 0 Å². The van der Waals surface area contributed by atoms with Gasteiger partial charge in [0.2, 0.25) is 10.0 Å². The van der Waals surface area contributed by atoms with E-state index in [-0.39, 0.29) is 6.04 Å². The fourth-order valence-corrected chi connectivity index (χ4v) is 4.27. The van der Waals surface area contributed by atoms with Gasteiger partial charge in [-0.15, -0.1) is 0 Å². The summed E-state index contributed by atoms with van der Waals surface area (Å²) in [5.74, 6) is 0. The Morgan fingerprint density at radius 2 is 1.71 bits per heavy atom. The van der Waals surface area contributed by atoms with Crippen molar-refractivity contribution in [3.63, 3.8) is 0 Å². The summed E-state index contributed by atoms with van der Waals surface area (Å²) in [4.78, 5) is 0.335. The van der Waals surface area contributed by atoms with Gasteiger partial charge in [0.05, 0.1) is 4.90 Å². The molecule has 0 saturated heterocycles. The molecule has 1 unspecified atom stereocenters. The van der Waals surface area contributed by atoms with Crippen molar-refractivity contribution in [3.05, 3.63) is 64.1 Å². The minimum Gasteiger partial charge on any atom is -0.207 e. The van der Waals surface area contributed by atoms with Crippen LogP contribution in [0.15, 0.2) is 57.9 Å². The number of aryl methyl sites for hydroxylation is 1. The normalized spacial score (nSPS) is 13.4. The van der Waals surface area contributed by atoms with Gasteiger partial charge in [0, 0.05) is 17.6 Å². The Morgan fingerprint density at radius 1 is 1.10 bits per heavy atom. The van der Waals surface area contributed by atoms with Crippen molar-refractivity contribution < 1.29 is 8.42 Å². The Hall–Kier alpha value is -1.17. The van der Waals surface area contributed by atoms with Gasteiger partial charge < -0.3 is 0 Å². The molecule has 0 aliphatic rings. The van der Waals surface area contributed by atoms with Gasteiger partial charge >= 0.3 is 0 Å². The van der Waals surface area contributed by atoms with Crippen molar-refractivity contribution >= 4 is 26.0 Å². The summed E-state index contributed by atoms with van der Waals surface area (Å²) in [5, 5.41) is 0. The average molecular weight is 368 g/mol. The van der Waals surface area contributed by atoms with Crippen LogP contribution in [0, 0.1) is 6.92 Å². The van der Waals surface area contributed by atoms with Gasteiger partial charge in [-0.1, -0.05) is 52.3 Å². The first-order chi connectivity index (χ1) is 9.84. The molecule has 0 bridgehead atoms. The lowest BCUT2D eigenvalue weighted by Crippen LogP contribution is -2.30. The van der Waals surface area contributed by atoms with Crippen LogP contribution in [-0.4, -0.2) is 19.8 Å². The number of hydrogen-bond acceptors (Lipinski definition) is 2. The highest BCUT2D eigenvalue weighted by Crippen LogP contribution is 2.28. The zero-order chi connectivity index (χ0) is 15.6. The predicted octanol–water partition coefficient (Wildman–Crippen LogP) is 4.14.